The van der Waals surface area contributed by atoms with E-state index in [1.165, 1.54) is 0 Å². The quantitative estimate of drug-likeness (QED) is 0.822. The number of halogens is 4. The molecule has 0 bridgehead atoms. The Hall–Kier alpha value is -0.780. The molecule has 0 spiro atoms. The van der Waals surface area contributed by atoms with Gasteiger partial charge in [-0.1, -0.05) is 36.7 Å². The van der Waals surface area contributed by atoms with E-state index in [1.807, 2.05) is 6.92 Å². The lowest BCUT2D eigenvalue weighted by Gasteiger charge is -2.20. The summed E-state index contributed by atoms with van der Waals surface area (Å²) in [5.74, 6) is 0. The molecule has 0 aliphatic carbocycles. The van der Waals surface area contributed by atoms with Crippen molar-refractivity contribution in [1.82, 2.24) is 5.32 Å². The molecule has 19 heavy (non-hydrogen) atoms. The molecular formula is C13H17ClF3NO. The zero-order chi connectivity index (χ0) is 14.3. The average molecular weight is 296 g/mol. The van der Waals surface area contributed by atoms with Gasteiger partial charge in [0.05, 0.1) is 19.1 Å². The molecule has 6 heteroatoms. The normalized spacial score (nSPS) is 13.5. The van der Waals surface area contributed by atoms with Gasteiger partial charge in [-0.15, -0.1) is 0 Å². The molecule has 0 aliphatic rings. The molecule has 0 amide bonds. The molecule has 1 atom stereocenters. The lowest BCUT2D eigenvalue weighted by atomic mass is 10.1. The molecule has 1 rings (SSSR count). The Labute approximate surface area is 115 Å². The van der Waals surface area contributed by atoms with Gasteiger partial charge in [-0.3, -0.25) is 0 Å². The standard InChI is InChI=1S/C13H17ClF3NO/c1-2-18-9-12(19-8-7-13(15,16)17)10-5-3-4-6-11(10)14/h3-6,12,18H,2,7-9H2,1H3. The number of benzene rings is 1. The Morgan fingerprint density at radius 1 is 1.32 bits per heavy atom. The minimum atomic E-state index is -4.21. The molecule has 0 aliphatic heterocycles. The van der Waals surface area contributed by atoms with Crippen molar-refractivity contribution in [3.8, 4) is 0 Å². The number of likely N-dealkylation sites (N-methyl/N-ethyl adjacent to an activating group) is 1. The Balaban J connectivity index is 2.64. The van der Waals surface area contributed by atoms with Crippen molar-refractivity contribution in [3.63, 3.8) is 0 Å². The predicted molar refractivity (Wildman–Crippen MR) is 69.4 cm³/mol. The highest BCUT2D eigenvalue weighted by molar-refractivity contribution is 6.31. The molecule has 1 aromatic carbocycles. The first-order chi connectivity index (χ1) is 8.94. The molecule has 108 valence electrons. The first kappa shape index (κ1) is 16.3. The van der Waals surface area contributed by atoms with Crippen LogP contribution in [0.15, 0.2) is 24.3 Å². The van der Waals surface area contributed by atoms with Gasteiger partial charge in [-0.25, -0.2) is 0 Å². The van der Waals surface area contributed by atoms with Crippen molar-refractivity contribution in [3.05, 3.63) is 34.9 Å². The third-order valence-corrected chi connectivity index (χ3v) is 2.88. The maximum Gasteiger partial charge on any atom is 0.391 e. The Kier molecular flexibility index (Phi) is 6.62. The Morgan fingerprint density at radius 2 is 2.00 bits per heavy atom. The Morgan fingerprint density at radius 3 is 2.58 bits per heavy atom. The number of ether oxygens (including phenoxy) is 1. The van der Waals surface area contributed by atoms with E-state index in [1.54, 1.807) is 24.3 Å². The van der Waals surface area contributed by atoms with Gasteiger partial charge in [-0.2, -0.15) is 13.2 Å². The first-order valence-corrected chi connectivity index (χ1v) is 6.45. The number of hydrogen-bond acceptors (Lipinski definition) is 2. The zero-order valence-electron chi connectivity index (χ0n) is 10.6. The van der Waals surface area contributed by atoms with E-state index < -0.39 is 18.7 Å². The van der Waals surface area contributed by atoms with E-state index in [0.29, 0.717) is 23.7 Å². The fourth-order valence-electron chi connectivity index (χ4n) is 1.59. The lowest BCUT2D eigenvalue weighted by molar-refractivity contribution is -0.149. The maximum atomic E-state index is 12.1. The zero-order valence-corrected chi connectivity index (χ0v) is 11.4. The summed E-state index contributed by atoms with van der Waals surface area (Å²) in [7, 11) is 0. The molecule has 1 unspecified atom stereocenters. The minimum Gasteiger partial charge on any atom is -0.372 e. The summed E-state index contributed by atoms with van der Waals surface area (Å²) >= 11 is 6.04. The van der Waals surface area contributed by atoms with Gasteiger partial charge in [0, 0.05) is 17.1 Å². The van der Waals surface area contributed by atoms with E-state index >= 15 is 0 Å². The second-order valence-corrected chi connectivity index (χ2v) is 4.46. The highest BCUT2D eigenvalue weighted by Crippen LogP contribution is 2.26. The van der Waals surface area contributed by atoms with Gasteiger partial charge in [0.1, 0.15) is 0 Å². The third-order valence-electron chi connectivity index (χ3n) is 2.54. The third kappa shape index (κ3) is 6.27. The SMILES string of the molecule is CCNCC(OCCC(F)(F)F)c1ccccc1Cl. The average Bonchev–Trinajstić information content (AvgIpc) is 2.33. The van der Waals surface area contributed by atoms with Crippen molar-refractivity contribution in [1.29, 1.82) is 0 Å². The number of alkyl halides is 3. The van der Waals surface area contributed by atoms with Crippen LogP contribution in [0, 0.1) is 0 Å². The van der Waals surface area contributed by atoms with Crippen LogP contribution in [0.2, 0.25) is 5.02 Å². The summed E-state index contributed by atoms with van der Waals surface area (Å²) in [6, 6.07) is 7.01. The molecule has 0 radical (unpaired) electrons. The highest BCUT2D eigenvalue weighted by atomic mass is 35.5. The molecule has 0 saturated heterocycles. The van der Waals surface area contributed by atoms with Crippen LogP contribution in [0.1, 0.15) is 25.0 Å². The molecule has 0 heterocycles. The fourth-order valence-corrected chi connectivity index (χ4v) is 1.84. The minimum absolute atomic E-state index is 0.370. The molecule has 0 aromatic heterocycles. The van der Waals surface area contributed by atoms with Crippen molar-refractivity contribution < 1.29 is 17.9 Å². The summed E-state index contributed by atoms with van der Waals surface area (Å²) in [4.78, 5) is 0. The molecule has 1 aromatic rings. The van der Waals surface area contributed by atoms with Crippen molar-refractivity contribution >= 4 is 11.6 Å². The monoisotopic (exact) mass is 295 g/mol. The van der Waals surface area contributed by atoms with Gasteiger partial charge in [-0.05, 0) is 12.6 Å². The summed E-state index contributed by atoms with van der Waals surface area (Å²) in [5.41, 5.74) is 0.701. The topological polar surface area (TPSA) is 21.3 Å². The Bertz CT molecular complexity index is 384. The van der Waals surface area contributed by atoms with Gasteiger partial charge < -0.3 is 10.1 Å². The van der Waals surface area contributed by atoms with Gasteiger partial charge in [0.15, 0.2) is 0 Å². The summed E-state index contributed by atoms with van der Waals surface area (Å²) in [5, 5.41) is 3.55. The van der Waals surface area contributed by atoms with Crippen LogP contribution >= 0.6 is 11.6 Å². The first-order valence-electron chi connectivity index (χ1n) is 6.07. The van der Waals surface area contributed by atoms with Crippen LogP contribution in [0.25, 0.3) is 0 Å². The van der Waals surface area contributed by atoms with Crippen molar-refractivity contribution in [2.75, 3.05) is 19.7 Å². The van der Waals surface area contributed by atoms with Crippen LogP contribution in [-0.4, -0.2) is 25.9 Å². The lowest BCUT2D eigenvalue weighted by Crippen LogP contribution is -2.24. The van der Waals surface area contributed by atoms with Crippen LogP contribution in [0.3, 0.4) is 0 Å². The molecular weight excluding hydrogens is 279 g/mol. The smallest absolute Gasteiger partial charge is 0.372 e. The van der Waals surface area contributed by atoms with Gasteiger partial charge >= 0.3 is 6.18 Å². The maximum absolute atomic E-state index is 12.1. The number of nitrogens with one attached hydrogen (secondary N) is 1. The van der Waals surface area contributed by atoms with Gasteiger partial charge in [0.25, 0.3) is 0 Å². The second kappa shape index (κ2) is 7.72. The summed E-state index contributed by atoms with van der Waals surface area (Å²) in [6.07, 6.45) is -5.64. The van der Waals surface area contributed by atoms with Crippen LogP contribution in [0.5, 0.6) is 0 Å². The second-order valence-electron chi connectivity index (χ2n) is 4.05. The van der Waals surface area contributed by atoms with E-state index in [2.05, 4.69) is 5.32 Å². The van der Waals surface area contributed by atoms with Gasteiger partial charge in [0.2, 0.25) is 0 Å². The fraction of sp³-hybridized carbons (Fsp3) is 0.538. The van der Waals surface area contributed by atoms with E-state index in [4.69, 9.17) is 16.3 Å². The van der Waals surface area contributed by atoms with E-state index in [9.17, 15) is 13.2 Å². The van der Waals surface area contributed by atoms with Crippen molar-refractivity contribution in [2.45, 2.75) is 25.6 Å². The molecule has 2 nitrogen and oxygen atoms in total. The van der Waals surface area contributed by atoms with Crippen molar-refractivity contribution in [2.24, 2.45) is 0 Å². The highest BCUT2D eigenvalue weighted by Gasteiger charge is 2.27. The van der Waals surface area contributed by atoms with Crippen LogP contribution < -0.4 is 5.32 Å². The number of hydrogen-bond donors (Lipinski definition) is 1. The summed E-state index contributed by atoms with van der Waals surface area (Å²) < 4.78 is 41.7. The van der Waals surface area contributed by atoms with Crippen LogP contribution in [-0.2, 0) is 4.74 Å². The predicted octanol–water partition coefficient (Wildman–Crippen LogP) is 3.96. The van der Waals surface area contributed by atoms with Crippen LogP contribution in [0.4, 0.5) is 13.2 Å². The molecule has 0 fully saturated rings. The molecule has 0 saturated carbocycles. The molecule has 1 N–H and O–H groups in total. The van der Waals surface area contributed by atoms with E-state index in [-0.39, 0.29) is 6.61 Å². The number of rotatable bonds is 7. The largest absolute Gasteiger partial charge is 0.391 e. The van der Waals surface area contributed by atoms with E-state index in [0.717, 1.165) is 0 Å². The summed E-state index contributed by atoms with van der Waals surface area (Å²) in [6.45, 7) is 2.69.